The summed E-state index contributed by atoms with van der Waals surface area (Å²) in [5.74, 6) is 0.0622. The van der Waals surface area contributed by atoms with Crippen LogP contribution in [0.4, 0.5) is 5.69 Å². The Labute approximate surface area is 180 Å². The van der Waals surface area contributed by atoms with Crippen molar-refractivity contribution in [2.24, 2.45) is 12.1 Å². The van der Waals surface area contributed by atoms with Crippen molar-refractivity contribution >= 4 is 35.0 Å². The molecule has 0 saturated carbocycles. The lowest BCUT2D eigenvalue weighted by molar-refractivity contribution is 0.112. The number of hydrazone groups is 1. The number of aldehydes is 1. The number of aryl methyl sites for hydroxylation is 3. The molecule has 0 amide bonds. The van der Waals surface area contributed by atoms with Gasteiger partial charge in [0, 0.05) is 23.9 Å². The third kappa shape index (κ3) is 4.55. The Balaban J connectivity index is 1.76. The van der Waals surface area contributed by atoms with Gasteiger partial charge in [-0.3, -0.25) is 14.9 Å². The van der Waals surface area contributed by atoms with E-state index in [0.29, 0.717) is 22.7 Å². The summed E-state index contributed by atoms with van der Waals surface area (Å²) in [6, 6.07) is 12.9. The Kier molecular flexibility index (Phi) is 6.27. The Morgan fingerprint density at radius 2 is 1.87 bits per heavy atom. The number of aromatic nitrogens is 2. The summed E-state index contributed by atoms with van der Waals surface area (Å²) >= 11 is 5.25. The van der Waals surface area contributed by atoms with Crippen molar-refractivity contribution in [1.82, 2.24) is 15.2 Å². The largest absolute Gasteiger partial charge is 0.504 e. The molecule has 0 aliphatic carbocycles. The van der Waals surface area contributed by atoms with Gasteiger partial charge in [0.25, 0.3) is 0 Å². The van der Waals surface area contributed by atoms with E-state index in [-0.39, 0.29) is 10.9 Å². The lowest BCUT2D eigenvalue weighted by Crippen LogP contribution is -2.25. The van der Waals surface area contributed by atoms with Gasteiger partial charge in [0.15, 0.2) is 16.6 Å². The molecule has 0 bridgehead atoms. The maximum Gasteiger partial charge on any atom is 0.191 e. The normalized spacial score (nSPS) is 11.3. The molecule has 0 aliphatic heterocycles. The SMILES string of the molecule is C/C(=N\NC(=S)Nc1ccc(C=O)cc1)c1nn(C)c(-c2ccc(C)c(C)c2)c1O. The van der Waals surface area contributed by atoms with Crippen molar-refractivity contribution in [1.29, 1.82) is 0 Å². The van der Waals surface area contributed by atoms with Gasteiger partial charge in [-0.05, 0) is 74.4 Å². The molecule has 8 heteroatoms. The van der Waals surface area contributed by atoms with Crippen LogP contribution in [0.1, 0.15) is 34.1 Å². The van der Waals surface area contributed by atoms with Crippen LogP contribution in [0.25, 0.3) is 11.3 Å². The fourth-order valence-electron chi connectivity index (χ4n) is 2.96. The predicted octanol–water partition coefficient (Wildman–Crippen LogP) is 3.93. The quantitative estimate of drug-likeness (QED) is 0.250. The third-order valence-electron chi connectivity index (χ3n) is 4.78. The monoisotopic (exact) mass is 421 g/mol. The maximum absolute atomic E-state index is 10.8. The number of hydrogen-bond donors (Lipinski definition) is 3. The van der Waals surface area contributed by atoms with E-state index < -0.39 is 0 Å². The zero-order valence-corrected chi connectivity index (χ0v) is 18.0. The van der Waals surface area contributed by atoms with E-state index in [9.17, 15) is 9.90 Å². The molecule has 3 rings (SSSR count). The lowest BCUT2D eigenvalue weighted by Gasteiger charge is -2.08. The molecular formula is C22H23N5O2S. The van der Waals surface area contributed by atoms with Crippen LogP contribution in [0.15, 0.2) is 47.6 Å². The first-order valence-electron chi connectivity index (χ1n) is 9.30. The van der Waals surface area contributed by atoms with Gasteiger partial charge in [-0.25, -0.2) is 0 Å². The van der Waals surface area contributed by atoms with E-state index in [0.717, 1.165) is 23.1 Å². The maximum atomic E-state index is 10.8. The number of carbonyl (C=O) groups excluding carboxylic acids is 1. The third-order valence-corrected chi connectivity index (χ3v) is 4.97. The van der Waals surface area contributed by atoms with E-state index in [1.807, 2.05) is 32.0 Å². The Bertz CT molecular complexity index is 1130. The first kappa shape index (κ1) is 21.2. The van der Waals surface area contributed by atoms with E-state index in [4.69, 9.17) is 12.2 Å². The van der Waals surface area contributed by atoms with Crippen LogP contribution in [-0.2, 0) is 7.05 Å². The summed E-state index contributed by atoms with van der Waals surface area (Å²) < 4.78 is 1.64. The van der Waals surface area contributed by atoms with E-state index in [2.05, 4.69) is 20.9 Å². The van der Waals surface area contributed by atoms with Gasteiger partial charge in [-0.15, -0.1) is 0 Å². The Morgan fingerprint density at radius 1 is 1.17 bits per heavy atom. The van der Waals surface area contributed by atoms with Gasteiger partial charge in [-0.1, -0.05) is 12.1 Å². The number of aromatic hydroxyl groups is 1. The zero-order valence-electron chi connectivity index (χ0n) is 17.2. The van der Waals surface area contributed by atoms with E-state index in [1.165, 1.54) is 5.56 Å². The number of anilines is 1. The molecule has 3 aromatic rings. The molecule has 3 N–H and O–H groups in total. The molecular weight excluding hydrogens is 398 g/mol. The minimum absolute atomic E-state index is 0.0622. The number of thiocarbonyl (C=S) groups is 1. The molecule has 0 unspecified atom stereocenters. The molecule has 2 aromatic carbocycles. The van der Waals surface area contributed by atoms with Crippen LogP contribution < -0.4 is 10.7 Å². The molecule has 7 nitrogen and oxygen atoms in total. The van der Waals surface area contributed by atoms with Gasteiger partial charge in [0.2, 0.25) is 0 Å². The topological polar surface area (TPSA) is 91.5 Å². The van der Waals surface area contributed by atoms with Crippen LogP contribution in [-0.4, -0.2) is 32.0 Å². The highest BCUT2D eigenvalue weighted by Gasteiger charge is 2.19. The fourth-order valence-corrected chi connectivity index (χ4v) is 3.12. The predicted molar refractivity (Wildman–Crippen MR) is 123 cm³/mol. The average Bonchev–Trinajstić information content (AvgIpc) is 3.03. The zero-order chi connectivity index (χ0) is 21.8. The van der Waals surface area contributed by atoms with Gasteiger partial charge < -0.3 is 10.4 Å². The second-order valence-corrected chi connectivity index (χ2v) is 7.38. The smallest absolute Gasteiger partial charge is 0.191 e. The molecule has 30 heavy (non-hydrogen) atoms. The van der Waals surface area contributed by atoms with Gasteiger partial charge in [0.1, 0.15) is 12.0 Å². The highest BCUT2D eigenvalue weighted by Crippen LogP contribution is 2.33. The number of nitrogens with one attached hydrogen (secondary N) is 2. The summed E-state index contributed by atoms with van der Waals surface area (Å²) in [7, 11) is 1.78. The molecule has 0 radical (unpaired) electrons. The van der Waals surface area contributed by atoms with Crippen molar-refractivity contribution < 1.29 is 9.90 Å². The van der Waals surface area contributed by atoms with Crippen LogP contribution in [0.5, 0.6) is 5.75 Å². The molecule has 0 aliphatic rings. The Morgan fingerprint density at radius 3 is 2.50 bits per heavy atom. The standard InChI is InChI=1S/C22H23N5O2S/c1-13-5-8-17(11-14(13)2)20-21(29)19(26-27(20)4)15(3)24-25-22(30)23-18-9-6-16(12-28)7-10-18/h5-12,29H,1-4H3,(H2,23,25,30)/b24-15+. The molecule has 154 valence electrons. The van der Waals surface area contributed by atoms with Gasteiger partial charge >= 0.3 is 0 Å². The molecule has 0 fully saturated rings. The summed E-state index contributed by atoms with van der Waals surface area (Å²) in [6.45, 7) is 5.81. The van der Waals surface area contributed by atoms with Crippen molar-refractivity contribution in [3.63, 3.8) is 0 Å². The van der Waals surface area contributed by atoms with Crippen molar-refractivity contribution in [2.75, 3.05) is 5.32 Å². The molecule has 1 aromatic heterocycles. The molecule has 0 atom stereocenters. The summed E-state index contributed by atoms with van der Waals surface area (Å²) in [5.41, 5.74) is 8.74. The number of nitrogens with zero attached hydrogens (tertiary/aromatic N) is 3. The first-order valence-corrected chi connectivity index (χ1v) is 9.71. The summed E-state index contributed by atoms with van der Waals surface area (Å²) in [6.07, 6.45) is 0.777. The fraction of sp³-hybridized carbons (Fsp3) is 0.182. The number of carbonyl (C=O) groups is 1. The average molecular weight is 422 g/mol. The second-order valence-electron chi connectivity index (χ2n) is 6.97. The summed E-state index contributed by atoms with van der Waals surface area (Å²) in [5, 5.41) is 22.7. The minimum atomic E-state index is 0.0622. The first-order chi connectivity index (χ1) is 14.3. The van der Waals surface area contributed by atoms with Crippen LogP contribution in [0.3, 0.4) is 0 Å². The van der Waals surface area contributed by atoms with Gasteiger partial charge in [-0.2, -0.15) is 10.2 Å². The Hall–Kier alpha value is -3.52. The van der Waals surface area contributed by atoms with Crippen LogP contribution in [0, 0.1) is 13.8 Å². The number of hydrogen-bond acceptors (Lipinski definition) is 5. The van der Waals surface area contributed by atoms with Crippen molar-refractivity contribution in [3.8, 4) is 17.0 Å². The van der Waals surface area contributed by atoms with E-state index in [1.54, 1.807) is 42.9 Å². The lowest BCUT2D eigenvalue weighted by atomic mass is 10.0. The van der Waals surface area contributed by atoms with Crippen molar-refractivity contribution in [3.05, 3.63) is 64.8 Å². The highest BCUT2D eigenvalue weighted by atomic mass is 32.1. The van der Waals surface area contributed by atoms with E-state index >= 15 is 0 Å². The summed E-state index contributed by atoms with van der Waals surface area (Å²) in [4.78, 5) is 10.7. The number of benzene rings is 2. The second kappa shape index (κ2) is 8.87. The molecule has 0 spiro atoms. The molecule has 1 heterocycles. The van der Waals surface area contributed by atoms with Gasteiger partial charge in [0.05, 0.1) is 5.71 Å². The highest BCUT2D eigenvalue weighted by molar-refractivity contribution is 7.80. The van der Waals surface area contributed by atoms with Crippen LogP contribution in [0.2, 0.25) is 0 Å². The molecule has 0 saturated heterocycles. The minimum Gasteiger partial charge on any atom is -0.504 e. The van der Waals surface area contributed by atoms with Crippen molar-refractivity contribution in [2.45, 2.75) is 20.8 Å². The number of rotatable bonds is 5. The van der Waals surface area contributed by atoms with Crippen LogP contribution >= 0.6 is 12.2 Å².